The second-order valence-electron chi connectivity index (χ2n) is 7.41. The smallest absolute Gasteiger partial charge is 0.258 e. The van der Waals surface area contributed by atoms with E-state index in [1.807, 2.05) is 0 Å². The molecule has 0 atom stereocenters. The van der Waals surface area contributed by atoms with Gasteiger partial charge in [0.1, 0.15) is 23.7 Å². The van der Waals surface area contributed by atoms with Gasteiger partial charge in [-0.05, 0) is 44.4 Å². The van der Waals surface area contributed by atoms with Gasteiger partial charge < -0.3 is 14.6 Å². The minimum absolute atomic E-state index is 0.000241. The Labute approximate surface area is 156 Å². The fourth-order valence-electron chi connectivity index (χ4n) is 3.17. The van der Waals surface area contributed by atoms with E-state index in [4.69, 9.17) is 4.42 Å². The number of aromatic nitrogens is 2. The summed E-state index contributed by atoms with van der Waals surface area (Å²) in [5.41, 5.74) is 1.55. The van der Waals surface area contributed by atoms with Crippen LogP contribution in [0.2, 0.25) is 0 Å². The van der Waals surface area contributed by atoms with E-state index in [1.165, 1.54) is 18.5 Å². The van der Waals surface area contributed by atoms with Gasteiger partial charge in [-0.3, -0.25) is 4.79 Å². The van der Waals surface area contributed by atoms with Gasteiger partial charge >= 0.3 is 0 Å². The lowest BCUT2D eigenvalue weighted by atomic mass is 10.1. The quantitative estimate of drug-likeness (QED) is 0.739. The fourth-order valence-corrected chi connectivity index (χ4v) is 3.17. The standard InChI is InChI=1S/C20H21FN4O2/c1-12-15(19(26)25(3)10-13-5-4-6-14(21)9-13)16-17(24-20(2)7-8-20)22-11-23-18(16)27-12/h4-6,9,11H,7-8,10H2,1-3H3,(H,22,23,24). The number of aryl methyl sites for hydroxylation is 1. The van der Waals surface area contributed by atoms with Gasteiger partial charge in [-0.15, -0.1) is 0 Å². The van der Waals surface area contributed by atoms with Crippen molar-refractivity contribution in [2.24, 2.45) is 0 Å². The zero-order valence-corrected chi connectivity index (χ0v) is 15.5. The van der Waals surface area contributed by atoms with Crippen LogP contribution in [-0.2, 0) is 6.54 Å². The van der Waals surface area contributed by atoms with Crippen molar-refractivity contribution in [2.75, 3.05) is 12.4 Å². The van der Waals surface area contributed by atoms with E-state index in [2.05, 4.69) is 22.2 Å². The van der Waals surface area contributed by atoms with Gasteiger partial charge in [0.05, 0.1) is 10.9 Å². The summed E-state index contributed by atoms with van der Waals surface area (Å²) >= 11 is 0. The topological polar surface area (TPSA) is 71.3 Å². The van der Waals surface area contributed by atoms with Crippen molar-refractivity contribution in [1.29, 1.82) is 0 Å². The van der Waals surface area contributed by atoms with Crippen molar-refractivity contribution in [2.45, 2.75) is 38.8 Å². The van der Waals surface area contributed by atoms with E-state index in [9.17, 15) is 9.18 Å². The molecule has 2 aromatic heterocycles. The molecule has 0 radical (unpaired) electrons. The summed E-state index contributed by atoms with van der Waals surface area (Å²) in [5, 5.41) is 4.00. The number of furan rings is 1. The molecule has 4 rings (SSSR count). The van der Waals surface area contributed by atoms with Crippen LogP contribution in [0.25, 0.3) is 11.1 Å². The molecule has 1 aliphatic rings. The van der Waals surface area contributed by atoms with Gasteiger partial charge in [-0.2, -0.15) is 0 Å². The number of nitrogens with zero attached hydrogens (tertiary/aromatic N) is 3. The molecule has 1 aliphatic carbocycles. The molecule has 0 spiro atoms. The molecule has 0 aliphatic heterocycles. The predicted molar refractivity (Wildman–Crippen MR) is 100 cm³/mol. The zero-order valence-electron chi connectivity index (χ0n) is 15.5. The van der Waals surface area contributed by atoms with Crippen molar-refractivity contribution >= 4 is 22.8 Å². The molecule has 27 heavy (non-hydrogen) atoms. The Morgan fingerprint density at radius 1 is 1.37 bits per heavy atom. The summed E-state index contributed by atoms with van der Waals surface area (Å²) in [6.07, 6.45) is 3.54. The fraction of sp³-hybridized carbons (Fsp3) is 0.350. The van der Waals surface area contributed by atoms with Crippen LogP contribution in [0.15, 0.2) is 35.0 Å². The van der Waals surface area contributed by atoms with Crippen molar-refractivity contribution < 1.29 is 13.6 Å². The van der Waals surface area contributed by atoms with Crippen LogP contribution in [0.4, 0.5) is 10.2 Å². The summed E-state index contributed by atoms with van der Waals surface area (Å²) in [6, 6.07) is 6.23. The molecule has 2 heterocycles. The summed E-state index contributed by atoms with van der Waals surface area (Å²) in [6.45, 7) is 4.15. The Morgan fingerprint density at radius 3 is 2.85 bits per heavy atom. The number of fused-ring (bicyclic) bond motifs is 1. The Bertz CT molecular complexity index is 1030. The van der Waals surface area contributed by atoms with Crippen LogP contribution in [0.1, 0.15) is 41.4 Å². The Kier molecular flexibility index (Phi) is 4.09. The Morgan fingerprint density at radius 2 is 2.15 bits per heavy atom. The van der Waals surface area contributed by atoms with Crippen LogP contribution >= 0.6 is 0 Å². The molecule has 1 N–H and O–H groups in total. The lowest BCUT2D eigenvalue weighted by Crippen LogP contribution is -2.27. The second kappa shape index (κ2) is 6.33. The summed E-state index contributed by atoms with van der Waals surface area (Å²) < 4.78 is 19.2. The van der Waals surface area contributed by atoms with Gasteiger partial charge in [-0.1, -0.05) is 12.1 Å². The molecule has 140 valence electrons. The molecule has 0 bridgehead atoms. The second-order valence-corrected chi connectivity index (χ2v) is 7.41. The van der Waals surface area contributed by atoms with Crippen LogP contribution in [0.5, 0.6) is 0 Å². The maximum atomic E-state index is 13.4. The maximum Gasteiger partial charge on any atom is 0.258 e. The van der Waals surface area contributed by atoms with Crippen LogP contribution < -0.4 is 5.32 Å². The highest BCUT2D eigenvalue weighted by atomic mass is 19.1. The highest BCUT2D eigenvalue weighted by Gasteiger charge is 2.38. The van der Waals surface area contributed by atoms with Crippen LogP contribution in [0.3, 0.4) is 0 Å². The molecule has 1 saturated carbocycles. The largest absolute Gasteiger partial charge is 0.442 e. The van der Waals surface area contributed by atoms with Crippen LogP contribution in [0, 0.1) is 12.7 Å². The molecular weight excluding hydrogens is 347 g/mol. The van der Waals surface area contributed by atoms with E-state index < -0.39 is 0 Å². The van der Waals surface area contributed by atoms with Crippen molar-refractivity contribution in [3.8, 4) is 0 Å². The number of carbonyl (C=O) groups excluding carboxylic acids is 1. The number of carbonyl (C=O) groups is 1. The summed E-state index contributed by atoms with van der Waals surface area (Å²) in [4.78, 5) is 23.2. The molecular formula is C20H21FN4O2. The molecule has 1 aromatic carbocycles. The number of amides is 1. The molecule has 0 saturated heterocycles. The first-order valence-corrected chi connectivity index (χ1v) is 8.88. The Balaban J connectivity index is 1.69. The van der Waals surface area contributed by atoms with E-state index in [0.29, 0.717) is 28.2 Å². The average Bonchev–Trinajstić information content (AvgIpc) is 3.23. The van der Waals surface area contributed by atoms with E-state index >= 15 is 0 Å². The monoisotopic (exact) mass is 368 g/mol. The zero-order chi connectivity index (χ0) is 19.2. The van der Waals surface area contributed by atoms with E-state index in [1.54, 1.807) is 31.0 Å². The highest BCUT2D eigenvalue weighted by molar-refractivity contribution is 6.10. The first-order chi connectivity index (χ1) is 12.9. The number of hydrogen-bond acceptors (Lipinski definition) is 5. The van der Waals surface area contributed by atoms with Gasteiger partial charge in [-0.25, -0.2) is 14.4 Å². The summed E-state index contributed by atoms with van der Waals surface area (Å²) in [7, 11) is 1.69. The third-order valence-electron chi connectivity index (χ3n) is 4.95. The lowest BCUT2D eigenvalue weighted by molar-refractivity contribution is 0.0785. The van der Waals surface area contributed by atoms with Gasteiger partial charge in [0.2, 0.25) is 5.71 Å². The first-order valence-electron chi connectivity index (χ1n) is 8.88. The summed E-state index contributed by atoms with van der Waals surface area (Å²) in [5.74, 6) is 0.565. The van der Waals surface area contributed by atoms with Crippen molar-refractivity contribution in [3.05, 3.63) is 53.3 Å². The normalized spacial score (nSPS) is 15.0. The third-order valence-corrected chi connectivity index (χ3v) is 4.95. The number of rotatable bonds is 5. The number of benzene rings is 1. The van der Waals surface area contributed by atoms with E-state index in [-0.39, 0.29) is 23.8 Å². The average molecular weight is 368 g/mol. The molecule has 3 aromatic rings. The predicted octanol–water partition coefficient (Wildman–Crippen LogP) is 3.91. The minimum atomic E-state index is -0.323. The van der Waals surface area contributed by atoms with Gasteiger partial charge in [0.15, 0.2) is 0 Å². The first kappa shape index (κ1) is 17.5. The molecule has 0 unspecified atom stereocenters. The molecule has 7 heteroatoms. The maximum absolute atomic E-state index is 13.4. The van der Waals surface area contributed by atoms with E-state index in [0.717, 1.165) is 18.4 Å². The molecule has 1 fully saturated rings. The van der Waals surface area contributed by atoms with Crippen LogP contribution in [-0.4, -0.2) is 33.4 Å². The third kappa shape index (κ3) is 3.37. The molecule has 1 amide bonds. The van der Waals surface area contributed by atoms with Gasteiger partial charge in [0.25, 0.3) is 5.91 Å². The minimum Gasteiger partial charge on any atom is -0.442 e. The SMILES string of the molecule is Cc1oc2ncnc(NC3(C)CC3)c2c1C(=O)N(C)Cc1cccc(F)c1. The molecule has 6 nitrogen and oxygen atoms in total. The number of hydrogen-bond donors (Lipinski definition) is 1. The number of nitrogens with one attached hydrogen (secondary N) is 1. The van der Waals surface area contributed by atoms with Crippen molar-refractivity contribution in [3.63, 3.8) is 0 Å². The highest BCUT2D eigenvalue weighted by Crippen LogP contribution is 2.40. The number of anilines is 1. The van der Waals surface area contributed by atoms with Gasteiger partial charge in [0, 0.05) is 19.1 Å². The lowest BCUT2D eigenvalue weighted by Gasteiger charge is -2.18. The van der Waals surface area contributed by atoms with Crippen molar-refractivity contribution in [1.82, 2.24) is 14.9 Å². The number of halogens is 1. The Hall–Kier alpha value is -2.96.